The van der Waals surface area contributed by atoms with E-state index in [1.54, 1.807) is 32.0 Å². The molecule has 2 heterocycles. The molecule has 1 N–H and O–H groups in total. The van der Waals surface area contributed by atoms with Crippen molar-refractivity contribution in [3.63, 3.8) is 0 Å². The lowest BCUT2D eigenvalue weighted by Crippen LogP contribution is -2.24. The molecule has 9 nitrogen and oxygen atoms in total. The molecule has 150 valence electrons. The van der Waals surface area contributed by atoms with E-state index >= 15 is 0 Å². The lowest BCUT2D eigenvalue weighted by Gasteiger charge is -2.09. The molecule has 0 fully saturated rings. The average Bonchev–Trinajstić information content (AvgIpc) is 3.22. The number of carbonyl (C=O) groups excluding carboxylic acids is 1. The molecule has 0 aliphatic carbocycles. The molecule has 2 aromatic rings. The summed E-state index contributed by atoms with van der Waals surface area (Å²) in [6.45, 7) is 5.27. The maximum atomic E-state index is 12.5. The van der Waals surface area contributed by atoms with Gasteiger partial charge in [-0.15, -0.1) is 0 Å². The summed E-state index contributed by atoms with van der Waals surface area (Å²) < 4.78 is 5.75. The van der Waals surface area contributed by atoms with E-state index in [1.807, 2.05) is 6.92 Å². The number of carbonyl (C=O) groups is 2. The molecule has 1 aromatic carbocycles. The molecule has 1 amide bonds. The molecular formula is C20H19N3O6. The second-order valence-corrected chi connectivity index (χ2v) is 6.73. The molecule has 29 heavy (non-hydrogen) atoms. The molecule has 0 radical (unpaired) electrons. The number of rotatable bonds is 6. The third-order valence-corrected chi connectivity index (χ3v) is 4.65. The number of aliphatic carboxylic acids is 1. The largest absolute Gasteiger partial charge is 0.481 e. The predicted molar refractivity (Wildman–Crippen MR) is 105 cm³/mol. The van der Waals surface area contributed by atoms with Gasteiger partial charge in [0.2, 0.25) is 0 Å². The van der Waals surface area contributed by atoms with E-state index in [9.17, 15) is 19.7 Å². The quantitative estimate of drug-likeness (QED) is 0.451. The van der Waals surface area contributed by atoms with Crippen LogP contribution in [0.3, 0.4) is 0 Å². The van der Waals surface area contributed by atoms with Crippen LogP contribution < -0.4 is 0 Å². The molecular weight excluding hydrogens is 378 g/mol. The first kappa shape index (κ1) is 20.0. The van der Waals surface area contributed by atoms with Gasteiger partial charge >= 0.3 is 5.97 Å². The Kier molecular flexibility index (Phi) is 5.31. The zero-order chi connectivity index (χ0) is 21.3. The topological polar surface area (TPSA) is 126 Å². The molecule has 0 unspecified atom stereocenters. The number of nitro groups is 1. The van der Waals surface area contributed by atoms with Gasteiger partial charge < -0.3 is 9.52 Å². The first-order valence-corrected chi connectivity index (χ1v) is 8.84. The first-order chi connectivity index (χ1) is 13.7. The summed E-state index contributed by atoms with van der Waals surface area (Å²) in [7, 11) is 0. The normalized spacial score (nSPS) is 15.1. The fraction of sp³-hybridized carbons (Fsp3) is 0.250. The van der Waals surface area contributed by atoms with Crippen LogP contribution in [0.2, 0.25) is 0 Å². The second kappa shape index (κ2) is 7.70. The van der Waals surface area contributed by atoms with Gasteiger partial charge in [0, 0.05) is 6.07 Å². The third-order valence-electron chi connectivity index (χ3n) is 4.65. The summed E-state index contributed by atoms with van der Waals surface area (Å²) in [5.41, 5.74) is 2.72. The van der Waals surface area contributed by atoms with E-state index in [-0.39, 0.29) is 24.2 Å². The molecule has 0 atom stereocenters. The van der Waals surface area contributed by atoms with Crippen molar-refractivity contribution < 1.29 is 24.0 Å². The molecule has 0 saturated heterocycles. The number of hydrogen-bond donors (Lipinski definition) is 1. The summed E-state index contributed by atoms with van der Waals surface area (Å²) in [5, 5.41) is 25.4. The van der Waals surface area contributed by atoms with E-state index in [2.05, 4.69) is 5.10 Å². The third kappa shape index (κ3) is 4.08. The molecule has 1 aliphatic rings. The van der Waals surface area contributed by atoms with Gasteiger partial charge in [0.25, 0.3) is 11.6 Å². The van der Waals surface area contributed by atoms with Crippen LogP contribution in [0.1, 0.15) is 30.2 Å². The van der Waals surface area contributed by atoms with Gasteiger partial charge in [-0.25, -0.2) is 5.01 Å². The maximum absolute atomic E-state index is 12.5. The Balaban J connectivity index is 1.91. The lowest BCUT2D eigenvalue weighted by atomic mass is 10.0. The molecule has 1 aromatic heterocycles. The number of aryl methyl sites for hydroxylation is 2. The van der Waals surface area contributed by atoms with Crippen LogP contribution in [0.4, 0.5) is 5.69 Å². The van der Waals surface area contributed by atoms with Crippen LogP contribution in [0, 0.1) is 24.0 Å². The minimum absolute atomic E-state index is 0.0267. The van der Waals surface area contributed by atoms with Gasteiger partial charge in [0.1, 0.15) is 11.5 Å². The van der Waals surface area contributed by atoms with Crippen molar-refractivity contribution in [1.29, 1.82) is 0 Å². The Hall–Kier alpha value is -3.75. The number of nitrogens with zero attached hydrogens (tertiary/aromatic N) is 3. The fourth-order valence-electron chi connectivity index (χ4n) is 2.96. The highest BCUT2D eigenvalue weighted by Gasteiger charge is 2.28. The van der Waals surface area contributed by atoms with Crippen molar-refractivity contribution in [2.75, 3.05) is 6.54 Å². The van der Waals surface area contributed by atoms with Crippen LogP contribution in [-0.4, -0.2) is 39.2 Å². The number of carboxylic acids is 1. The van der Waals surface area contributed by atoms with E-state index in [4.69, 9.17) is 9.52 Å². The number of amides is 1. The highest BCUT2D eigenvalue weighted by molar-refractivity contribution is 6.26. The average molecular weight is 397 g/mol. The molecule has 0 spiro atoms. The summed E-state index contributed by atoms with van der Waals surface area (Å²) in [6.07, 6.45) is 1.29. The minimum Gasteiger partial charge on any atom is -0.481 e. The SMILES string of the molecule is CC1=NN(CCC(=O)O)C(=O)/C1=C\c1ccc(-c2cc(C)c(C)cc2[N+](=O)[O-])o1. The number of hydrogen-bond acceptors (Lipinski definition) is 6. The van der Waals surface area contributed by atoms with Gasteiger partial charge in [-0.05, 0) is 56.2 Å². The Bertz CT molecular complexity index is 1080. The zero-order valence-corrected chi connectivity index (χ0v) is 16.1. The van der Waals surface area contributed by atoms with Crippen molar-refractivity contribution in [3.05, 3.63) is 56.8 Å². The maximum Gasteiger partial charge on any atom is 0.305 e. The van der Waals surface area contributed by atoms with Crippen LogP contribution in [0.15, 0.2) is 39.4 Å². The minimum atomic E-state index is -1.02. The molecule has 1 aliphatic heterocycles. The van der Waals surface area contributed by atoms with Crippen molar-refractivity contribution in [2.45, 2.75) is 27.2 Å². The standard InChI is InChI=1S/C20H19N3O6/c1-11-8-16(17(23(27)28)9-12(11)2)18-5-4-14(29-18)10-15-13(3)21-22(20(15)26)7-6-19(24)25/h4-5,8-10H,6-7H2,1-3H3,(H,24,25)/b15-10-. The first-order valence-electron chi connectivity index (χ1n) is 8.84. The molecule has 0 saturated carbocycles. The van der Waals surface area contributed by atoms with Crippen molar-refractivity contribution in [2.24, 2.45) is 5.10 Å². The van der Waals surface area contributed by atoms with Gasteiger partial charge in [0.05, 0.1) is 34.7 Å². The number of carboxylic acid groups (broad SMARTS) is 1. The van der Waals surface area contributed by atoms with Gasteiger partial charge in [-0.1, -0.05) is 0 Å². The van der Waals surface area contributed by atoms with Crippen LogP contribution >= 0.6 is 0 Å². The van der Waals surface area contributed by atoms with Crippen LogP contribution in [-0.2, 0) is 9.59 Å². The second-order valence-electron chi connectivity index (χ2n) is 6.73. The number of hydrazone groups is 1. The van der Waals surface area contributed by atoms with E-state index in [0.29, 0.717) is 22.8 Å². The number of benzene rings is 1. The van der Waals surface area contributed by atoms with Gasteiger partial charge in [0.15, 0.2) is 0 Å². The van der Waals surface area contributed by atoms with E-state index in [1.165, 1.54) is 12.1 Å². The smallest absolute Gasteiger partial charge is 0.305 e. The highest BCUT2D eigenvalue weighted by Crippen LogP contribution is 2.34. The Labute approximate surface area is 166 Å². The molecule has 9 heteroatoms. The monoisotopic (exact) mass is 397 g/mol. The molecule has 3 rings (SSSR count). The Morgan fingerprint density at radius 1 is 1.28 bits per heavy atom. The van der Waals surface area contributed by atoms with Crippen molar-refractivity contribution >= 4 is 29.4 Å². The summed E-state index contributed by atoms with van der Waals surface area (Å²) >= 11 is 0. The van der Waals surface area contributed by atoms with E-state index < -0.39 is 16.8 Å². The van der Waals surface area contributed by atoms with Crippen LogP contribution in [0.5, 0.6) is 0 Å². The number of furan rings is 1. The lowest BCUT2D eigenvalue weighted by molar-refractivity contribution is -0.384. The predicted octanol–water partition coefficient (Wildman–Crippen LogP) is 3.55. The number of nitro benzene ring substituents is 1. The van der Waals surface area contributed by atoms with E-state index in [0.717, 1.165) is 16.1 Å². The fourth-order valence-corrected chi connectivity index (χ4v) is 2.96. The van der Waals surface area contributed by atoms with Crippen LogP contribution in [0.25, 0.3) is 17.4 Å². The summed E-state index contributed by atoms with van der Waals surface area (Å²) in [5.74, 6) is -0.785. The molecule has 0 bridgehead atoms. The summed E-state index contributed by atoms with van der Waals surface area (Å²) in [4.78, 5) is 34.1. The Morgan fingerprint density at radius 2 is 1.97 bits per heavy atom. The van der Waals surface area contributed by atoms with Gasteiger partial charge in [-0.2, -0.15) is 5.10 Å². The Morgan fingerprint density at radius 3 is 2.62 bits per heavy atom. The highest BCUT2D eigenvalue weighted by atomic mass is 16.6. The van der Waals surface area contributed by atoms with Gasteiger partial charge in [-0.3, -0.25) is 19.7 Å². The van der Waals surface area contributed by atoms with Crippen molar-refractivity contribution in [1.82, 2.24) is 5.01 Å². The van der Waals surface area contributed by atoms with Crippen molar-refractivity contribution in [3.8, 4) is 11.3 Å². The summed E-state index contributed by atoms with van der Waals surface area (Å²) in [6, 6.07) is 6.42. The zero-order valence-electron chi connectivity index (χ0n) is 16.1.